The zero-order chi connectivity index (χ0) is 15.7. The Balaban J connectivity index is 2.42. The second-order valence-corrected chi connectivity index (χ2v) is 4.42. The Morgan fingerprint density at radius 2 is 1.81 bits per heavy atom. The number of nitrogens with one attached hydrogen (secondary N) is 1. The Morgan fingerprint density at radius 1 is 1.19 bits per heavy atom. The minimum Gasteiger partial charge on any atom is -0.480 e. The van der Waals surface area contributed by atoms with Gasteiger partial charge in [-0.1, -0.05) is 0 Å². The van der Waals surface area contributed by atoms with Crippen LogP contribution in [0.5, 0.6) is 0 Å². The molecule has 0 atom stereocenters. The van der Waals surface area contributed by atoms with Crippen LogP contribution < -0.4 is 10.2 Å². The van der Waals surface area contributed by atoms with Gasteiger partial charge in [0.05, 0.1) is 6.61 Å². The summed E-state index contributed by atoms with van der Waals surface area (Å²) in [5.74, 6) is -1.21. The second kappa shape index (κ2) is 8.97. The van der Waals surface area contributed by atoms with Crippen molar-refractivity contribution in [2.45, 2.75) is 13.8 Å². The van der Waals surface area contributed by atoms with Crippen molar-refractivity contribution in [1.82, 2.24) is 5.32 Å². The molecule has 0 saturated heterocycles. The van der Waals surface area contributed by atoms with Crippen LogP contribution in [-0.2, 0) is 9.53 Å². The highest BCUT2D eigenvalue weighted by Crippen LogP contribution is 2.14. The molecule has 0 aliphatic rings. The third-order valence-corrected chi connectivity index (χ3v) is 3.02. The molecular weight excluding hydrogens is 272 g/mol. The van der Waals surface area contributed by atoms with Crippen LogP contribution in [0, 0.1) is 0 Å². The SMILES string of the molecule is CCN(CC)c1ccc(C(=O)NCCOCC(=O)O)cc1. The van der Waals surface area contributed by atoms with Crippen molar-refractivity contribution < 1.29 is 19.4 Å². The lowest BCUT2D eigenvalue weighted by atomic mass is 10.2. The monoisotopic (exact) mass is 294 g/mol. The fraction of sp³-hybridized carbons (Fsp3) is 0.467. The molecule has 0 bridgehead atoms. The molecule has 0 spiro atoms. The minimum absolute atomic E-state index is 0.176. The van der Waals surface area contributed by atoms with Gasteiger partial charge in [-0.3, -0.25) is 4.79 Å². The molecule has 0 aliphatic heterocycles. The van der Waals surface area contributed by atoms with E-state index in [1.807, 2.05) is 12.1 Å². The van der Waals surface area contributed by atoms with Crippen LogP contribution in [0.4, 0.5) is 5.69 Å². The number of aliphatic carboxylic acids is 1. The van der Waals surface area contributed by atoms with E-state index in [0.717, 1.165) is 18.8 Å². The first-order valence-electron chi connectivity index (χ1n) is 7.01. The van der Waals surface area contributed by atoms with Crippen LogP contribution in [0.2, 0.25) is 0 Å². The summed E-state index contributed by atoms with van der Waals surface area (Å²) in [6.07, 6.45) is 0. The van der Waals surface area contributed by atoms with Gasteiger partial charge in [-0.05, 0) is 38.1 Å². The average Bonchev–Trinajstić information content (AvgIpc) is 2.48. The summed E-state index contributed by atoms with van der Waals surface area (Å²) in [5.41, 5.74) is 1.66. The van der Waals surface area contributed by atoms with Crippen LogP contribution in [-0.4, -0.2) is 49.8 Å². The number of carboxylic acids is 1. The zero-order valence-corrected chi connectivity index (χ0v) is 12.5. The molecule has 0 aliphatic carbocycles. The number of benzene rings is 1. The van der Waals surface area contributed by atoms with Crippen molar-refractivity contribution in [2.75, 3.05) is 37.7 Å². The topological polar surface area (TPSA) is 78.9 Å². The molecule has 1 amide bonds. The summed E-state index contributed by atoms with van der Waals surface area (Å²) in [4.78, 5) is 24.3. The molecule has 0 aromatic heterocycles. The fourth-order valence-electron chi connectivity index (χ4n) is 1.91. The lowest BCUT2D eigenvalue weighted by molar-refractivity contribution is -0.142. The molecule has 1 aromatic rings. The number of rotatable bonds is 9. The van der Waals surface area contributed by atoms with E-state index < -0.39 is 5.97 Å². The van der Waals surface area contributed by atoms with Gasteiger partial charge in [0.15, 0.2) is 0 Å². The summed E-state index contributed by atoms with van der Waals surface area (Å²) in [6, 6.07) is 7.40. The van der Waals surface area contributed by atoms with Crippen LogP contribution in [0.15, 0.2) is 24.3 Å². The Morgan fingerprint density at radius 3 is 2.33 bits per heavy atom. The molecule has 1 rings (SSSR count). The van der Waals surface area contributed by atoms with Crippen LogP contribution in [0.1, 0.15) is 24.2 Å². The molecule has 6 heteroatoms. The number of nitrogens with zero attached hydrogens (tertiary/aromatic N) is 1. The number of hydrogen-bond donors (Lipinski definition) is 2. The van der Waals surface area contributed by atoms with Gasteiger partial charge in [-0.2, -0.15) is 0 Å². The number of amides is 1. The maximum atomic E-state index is 11.9. The van der Waals surface area contributed by atoms with Crippen molar-refractivity contribution in [1.29, 1.82) is 0 Å². The largest absolute Gasteiger partial charge is 0.480 e. The Bertz CT molecular complexity index is 455. The molecule has 116 valence electrons. The summed E-state index contributed by atoms with van der Waals surface area (Å²) in [7, 11) is 0. The van der Waals surface area contributed by atoms with E-state index in [4.69, 9.17) is 9.84 Å². The van der Waals surface area contributed by atoms with E-state index in [2.05, 4.69) is 24.1 Å². The predicted octanol–water partition coefficient (Wildman–Crippen LogP) is 1.36. The second-order valence-electron chi connectivity index (χ2n) is 4.42. The van der Waals surface area contributed by atoms with Gasteiger partial charge < -0.3 is 20.1 Å². The highest BCUT2D eigenvalue weighted by Gasteiger charge is 2.07. The van der Waals surface area contributed by atoms with Gasteiger partial charge in [0, 0.05) is 30.9 Å². The summed E-state index contributed by atoms with van der Waals surface area (Å²) < 4.78 is 4.84. The molecule has 0 radical (unpaired) electrons. The number of carboxylic acid groups (broad SMARTS) is 1. The van der Waals surface area contributed by atoms with Gasteiger partial charge in [0.1, 0.15) is 6.61 Å². The van der Waals surface area contributed by atoms with Crippen LogP contribution in [0.3, 0.4) is 0 Å². The molecule has 0 fully saturated rings. The lowest BCUT2D eigenvalue weighted by Crippen LogP contribution is -2.28. The van der Waals surface area contributed by atoms with Gasteiger partial charge in [-0.25, -0.2) is 4.79 Å². The van der Waals surface area contributed by atoms with Gasteiger partial charge in [-0.15, -0.1) is 0 Å². The normalized spacial score (nSPS) is 10.2. The van der Waals surface area contributed by atoms with E-state index in [-0.39, 0.29) is 25.7 Å². The van der Waals surface area contributed by atoms with Crippen LogP contribution >= 0.6 is 0 Å². The highest BCUT2D eigenvalue weighted by atomic mass is 16.5. The first kappa shape index (κ1) is 17.0. The molecule has 0 heterocycles. The van der Waals surface area contributed by atoms with Crippen LogP contribution in [0.25, 0.3) is 0 Å². The van der Waals surface area contributed by atoms with Gasteiger partial charge in [0.2, 0.25) is 0 Å². The highest BCUT2D eigenvalue weighted by molar-refractivity contribution is 5.94. The minimum atomic E-state index is -1.02. The molecule has 6 nitrogen and oxygen atoms in total. The summed E-state index contributed by atoms with van der Waals surface area (Å²) in [6.45, 7) is 6.11. The maximum absolute atomic E-state index is 11.9. The molecular formula is C15H22N2O4. The Hall–Kier alpha value is -2.08. The predicted molar refractivity (Wildman–Crippen MR) is 80.8 cm³/mol. The number of anilines is 1. The quantitative estimate of drug-likeness (QED) is 0.672. The fourth-order valence-corrected chi connectivity index (χ4v) is 1.91. The maximum Gasteiger partial charge on any atom is 0.329 e. The number of hydrogen-bond acceptors (Lipinski definition) is 4. The number of carbonyl (C=O) groups excluding carboxylic acids is 1. The summed E-state index contributed by atoms with van der Waals surface area (Å²) in [5, 5.41) is 11.1. The third-order valence-electron chi connectivity index (χ3n) is 3.02. The van der Waals surface area contributed by atoms with E-state index >= 15 is 0 Å². The van der Waals surface area contributed by atoms with Crippen molar-refractivity contribution in [3.63, 3.8) is 0 Å². The Kier molecular flexibility index (Phi) is 7.25. The summed E-state index contributed by atoms with van der Waals surface area (Å²) >= 11 is 0. The zero-order valence-electron chi connectivity index (χ0n) is 12.5. The van der Waals surface area contributed by atoms with Crippen molar-refractivity contribution in [2.24, 2.45) is 0 Å². The Labute approximate surface area is 124 Å². The van der Waals surface area contributed by atoms with Crippen molar-refractivity contribution in [3.05, 3.63) is 29.8 Å². The van der Waals surface area contributed by atoms with E-state index in [1.54, 1.807) is 12.1 Å². The average molecular weight is 294 g/mol. The first-order valence-corrected chi connectivity index (χ1v) is 7.01. The first-order chi connectivity index (χ1) is 10.1. The van der Waals surface area contributed by atoms with E-state index in [1.165, 1.54) is 0 Å². The van der Waals surface area contributed by atoms with E-state index in [0.29, 0.717) is 5.56 Å². The number of carbonyl (C=O) groups is 2. The van der Waals surface area contributed by atoms with Crippen molar-refractivity contribution >= 4 is 17.6 Å². The molecule has 21 heavy (non-hydrogen) atoms. The standard InChI is InChI=1S/C15H22N2O4/c1-3-17(4-2)13-7-5-12(6-8-13)15(20)16-9-10-21-11-14(18)19/h5-8H,3-4,9-11H2,1-2H3,(H,16,20)(H,18,19). The molecule has 1 aromatic carbocycles. The molecule has 0 unspecified atom stereocenters. The molecule has 0 saturated carbocycles. The lowest BCUT2D eigenvalue weighted by Gasteiger charge is -2.21. The van der Waals surface area contributed by atoms with Crippen molar-refractivity contribution in [3.8, 4) is 0 Å². The van der Waals surface area contributed by atoms with E-state index in [9.17, 15) is 9.59 Å². The van der Waals surface area contributed by atoms with Gasteiger partial charge >= 0.3 is 5.97 Å². The number of ether oxygens (including phenoxy) is 1. The third kappa shape index (κ3) is 5.83. The van der Waals surface area contributed by atoms with Gasteiger partial charge in [0.25, 0.3) is 5.91 Å². The molecule has 2 N–H and O–H groups in total. The smallest absolute Gasteiger partial charge is 0.329 e.